The maximum absolute atomic E-state index is 6.14. The SMILES string of the molecule is CCCn1ncc(CN2CCO[C@@H](c3ccc(Cl)c(Cl)c3)C2)c1C. The molecule has 0 N–H and O–H groups in total. The van der Waals surface area contributed by atoms with E-state index in [0.29, 0.717) is 16.7 Å². The summed E-state index contributed by atoms with van der Waals surface area (Å²) < 4.78 is 8.03. The molecule has 0 unspecified atom stereocenters. The van der Waals surface area contributed by atoms with Gasteiger partial charge in [-0.15, -0.1) is 0 Å². The quantitative estimate of drug-likeness (QED) is 0.780. The van der Waals surface area contributed by atoms with Gasteiger partial charge < -0.3 is 4.74 Å². The number of hydrogen-bond acceptors (Lipinski definition) is 3. The van der Waals surface area contributed by atoms with E-state index < -0.39 is 0 Å². The molecule has 2 heterocycles. The number of nitrogens with zero attached hydrogens (tertiary/aromatic N) is 3. The Labute approximate surface area is 153 Å². The zero-order valence-corrected chi connectivity index (χ0v) is 15.6. The Morgan fingerprint density at radius 2 is 2.12 bits per heavy atom. The fourth-order valence-electron chi connectivity index (χ4n) is 3.08. The second-order valence-corrected chi connectivity index (χ2v) is 7.06. The smallest absolute Gasteiger partial charge is 0.0953 e. The molecule has 0 spiro atoms. The molecule has 1 atom stereocenters. The molecule has 24 heavy (non-hydrogen) atoms. The molecule has 0 aliphatic carbocycles. The Morgan fingerprint density at radius 1 is 1.29 bits per heavy atom. The second kappa shape index (κ2) is 7.87. The van der Waals surface area contributed by atoms with Crippen LogP contribution in [0.15, 0.2) is 24.4 Å². The normalized spacial score (nSPS) is 18.9. The maximum atomic E-state index is 6.14. The summed E-state index contributed by atoms with van der Waals surface area (Å²) in [6.45, 7) is 8.68. The van der Waals surface area contributed by atoms with E-state index >= 15 is 0 Å². The lowest BCUT2D eigenvalue weighted by atomic mass is 10.1. The van der Waals surface area contributed by atoms with Gasteiger partial charge in [-0.05, 0) is 31.0 Å². The highest BCUT2D eigenvalue weighted by molar-refractivity contribution is 6.42. The van der Waals surface area contributed by atoms with Crippen LogP contribution in [-0.2, 0) is 17.8 Å². The Balaban J connectivity index is 1.68. The number of aryl methyl sites for hydroxylation is 1. The highest BCUT2D eigenvalue weighted by Gasteiger charge is 2.23. The van der Waals surface area contributed by atoms with Gasteiger partial charge in [0.05, 0.1) is 29.0 Å². The molecule has 6 heteroatoms. The van der Waals surface area contributed by atoms with Crippen LogP contribution in [0.4, 0.5) is 0 Å². The predicted molar refractivity (Wildman–Crippen MR) is 97.7 cm³/mol. The van der Waals surface area contributed by atoms with Gasteiger partial charge in [0.1, 0.15) is 0 Å². The third kappa shape index (κ3) is 3.94. The summed E-state index contributed by atoms with van der Waals surface area (Å²) in [5.41, 5.74) is 3.63. The minimum absolute atomic E-state index is 0.0273. The Morgan fingerprint density at radius 3 is 2.88 bits per heavy atom. The van der Waals surface area contributed by atoms with Crippen LogP contribution in [0.2, 0.25) is 10.0 Å². The number of ether oxygens (including phenoxy) is 1. The van der Waals surface area contributed by atoms with E-state index in [1.54, 1.807) is 0 Å². The molecule has 1 fully saturated rings. The molecule has 0 amide bonds. The van der Waals surface area contributed by atoms with Crippen molar-refractivity contribution in [3.05, 3.63) is 51.3 Å². The molecule has 0 saturated carbocycles. The first-order chi connectivity index (χ1) is 11.6. The lowest BCUT2D eigenvalue weighted by molar-refractivity contribution is -0.0329. The maximum Gasteiger partial charge on any atom is 0.0953 e. The molecule has 1 aliphatic heterocycles. The van der Waals surface area contributed by atoms with E-state index in [2.05, 4.69) is 28.5 Å². The summed E-state index contributed by atoms with van der Waals surface area (Å²) in [6.07, 6.45) is 3.12. The largest absolute Gasteiger partial charge is 0.371 e. The summed E-state index contributed by atoms with van der Waals surface area (Å²) in [5.74, 6) is 0. The number of aromatic nitrogens is 2. The van der Waals surface area contributed by atoms with Crippen LogP contribution >= 0.6 is 23.2 Å². The van der Waals surface area contributed by atoms with Gasteiger partial charge in [-0.25, -0.2) is 0 Å². The standard InChI is InChI=1S/C18H23Cl2N3O/c1-3-6-23-13(2)15(10-21-23)11-22-7-8-24-18(12-22)14-4-5-16(19)17(20)9-14/h4-5,9-10,18H,3,6-8,11-12H2,1-2H3/t18-/m1/s1. The Bertz CT molecular complexity index is 702. The minimum atomic E-state index is 0.0273. The van der Waals surface area contributed by atoms with Gasteiger partial charge in [0, 0.05) is 37.4 Å². The summed E-state index contributed by atoms with van der Waals surface area (Å²) >= 11 is 12.1. The van der Waals surface area contributed by atoms with Gasteiger partial charge in [-0.1, -0.05) is 36.2 Å². The van der Waals surface area contributed by atoms with Crippen LogP contribution in [0.25, 0.3) is 0 Å². The summed E-state index contributed by atoms with van der Waals surface area (Å²) in [7, 11) is 0. The molecular formula is C18H23Cl2N3O. The van der Waals surface area contributed by atoms with E-state index in [0.717, 1.165) is 38.2 Å². The molecule has 4 nitrogen and oxygen atoms in total. The molecule has 3 rings (SSSR count). The number of morpholine rings is 1. The van der Waals surface area contributed by atoms with Crippen LogP contribution in [-0.4, -0.2) is 34.4 Å². The van der Waals surface area contributed by atoms with Gasteiger partial charge >= 0.3 is 0 Å². The fourth-order valence-corrected chi connectivity index (χ4v) is 3.39. The third-order valence-corrected chi connectivity index (χ3v) is 5.24. The zero-order chi connectivity index (χ0) is 17.1. The van der Waals surface area contributed by atoms with E-state index in [4.69, 9.17) is 27.9 Å². The molecule has 1 saturated heterocycles. The van der Waals surface area contributed by atoms with Crippen LogP contribution in [0.5, 0.6) is 0 Å². The topological polar surface area (TPSA) is 30.3 Å². The number of hydrogen-bond donors (Lipinski definition) is 0. The van der Waals surface area contributed by atoms with E-state index in [-0.39, 0.29) is 6.10 Å². The molecule has 1 aromatic carbocycles. The second-order valence-electron chi connectivity index (χ2n) is 6.25. The molecular weight excluding hydrogens is 345 g/mol. The number of benzene rings is 1. The zero-order valence-electron chi connectivity index (χ0n) is 14.1. The molecule has 0 radical (unpaired) electrons. The van der Waals surface area contributed by atoms with Crippen molar-refractivity contribution in [2.75, 3.05) is 19.7 Å². The van der Waals surface area contributed by atoms with Crippen LogP contribution < -0.4 is 0 Å². The monoisotopic (exact) mass is 367 g/mol. The van der Waals surface area contributed by atoms with Crippen molar-refractivity contribution >= 4 is 23.2 Å². The van der Waals surface area contributed by atoms with Gasteiger partial charge in [0.25, 0.3) is 0 Å². The third-order valence-electron chi connectivity index (χ3n) is 4.50. The van der Waals surface area contributed by atoms with Gasteiger partial charge in [0.2, 0.25) is 0 Å². The van der Waals surface area contributed by atoms with Gasteiger partial charge in [0.15, 0.2) is 0 Å². The van der Waals surface area contributed by atoms with Crippen molar-refractivity contribution in [1.82, 2.24) is 14.7 Å². The average molecular weight is 368 g/mol. The van der Waals surface area contributed by atoms with Crippen molar-refractivity contribution in [2.24, 2.45) is 0 Å². The average Bonchev–Trinajstić information content (AvgIpc) is 2.91. The Kier molecular flexibility index (Phi) is 5.82. The van der Waals surface area contributed by atoms with E-state index in [1.807, 2.05) is 24.4 Å². The van der Waals surface area contributed by atoms with Crippen molar-refractivity contribution < 1.29 is 4.74 Å². The summed E-state index contributed by atoms with van der Waals surface area (Å²) in [6, 6.07) is 5.73. The van der Waals surface area contributed by atoms with Crippen LogP contribution in [0.3, 0.4) is 0 Å². The summed E-state index contributed by atoms with van der Waals surface area (Å²) in [5, 5.41) is 5.65. The highest BCUT2D eigenvalue weighted by atomic mass is 35.5. The van der Waals surface area contributed by atoms with Crippen LogP contribution in [0.1, 0.15) is 36.3 Å². The number of rotatable bonds is 5. The molecule has 2 aromatic rings. The molecule has 0 bridgehead atoms. The van der Waals surface area contributed by atoms with Gasteiger partial charge in [-0.2, -0.15) is 5.10 Å². The molecule has 1 aliphatic rings. The molecule has 1 aromatic heterocycles. The minimum Gasteiger partial charge on any atom is -0.371 e. The van der Waals surface area contributed by atoms with Crippen molar-refractivity contribution in [3.8, 4) is 0 Å². The predicted octanol–water partition coefficient (Wildman–Crippen LogP) is 4.48. The first-order valence-corrected chi connectivity index (χ1v) is 9.14. The lowest BCUT2D eigenvalue weighted by Crippen LogP contribution is -2.37. The molecule has 130 valence electrons. The fraction of sp³-hybridized carbons (Fsp3) is 0.500. The van der Waals surface area contributed by atoms with Crippen molar-refractivity contribution in [2.45, 2.75) is 39.5 Å². The summed E-state index contributed by atoms with van der Waals surface area (Å²) in [4.78, 5) is 2.41. The highest BCUT2D eigenvalue weighted by Crippen LogP contribution is 2.29. The Hall–Kier alpha value is -1.07. The van der Waals surface area contributed by atoms with Gasteiger partial charge in [-0.3, -0.25) is 9.58 Å². The van der Waals surface area contributed by atoms with E-state index in [1.165, 1.54) is 11.3 Å². The first kappa shape index (κ1) is 17.7. The van der Waals surface area contributed by atoms with Crippen LogP contribution in [0, 0.1) is 6.92 Å². The lowest BCUT2D eigenvalue weighted by Gasteiger charge is -2.33. The van der Waals surface area contributed by atoms with Crippen molar-refractivity contribution in [1.29, 1.82) is 0 Å². The van der Waals surface area contributed by atoms with E-state index in [9.17, 15) is 0 Å². The van der Waals surface area contributed by atoms with Crippen molar-refractivity contribution in [3.63, 3.8) is 0 Å². The first-order valence-electron chi connectivity index (χ1n) is 8.38. The number of halogens is 2.